The zero-order chi connectivity index (χ0) is 14.3. The van der Waals surface area contributed by atoms with E-state index in [1.807, 2.05) is 0 Å². The van der Waals surface area contributed by atoms with Gasteiger partial charge in [0.05, 0.1) is 18.3 Å². The van der Waals surface area contributed by atoms with E-state index < -0.39 is 35.7 Å². The Labute approximate surface area is 109 Å². The van der Waals surface area contributed by atoms with Crippen molar-refractivity contribution in [1.82, 2.24) is 10.2 Å². The normalized spacial score (nSPS) is 29.8. The number of rotatable bonds is 4. The minimum absolute atomic E-state index is 0.0484. The molecule has 2 aliphatic rings. The second kappa shape index (κ2) is 4.64. The Balaban J connectivity index is 1.95. The lowest BCUT2D eigenvalue weighted by Gasteiger charge is -2.19. The molecule has 1 saturated carbocycles. The third-order valence-electron chi connectivity index (χ3n) is 3.46. The van der Waals surface area contributed by atoms with Gasteiger partial charge in [-0.05, 0) is 20.3 Å². The van der Waals surface area contributed by atoms with Gasteiger partial charge in [-0.3, -0.25) is 24.1 Å². The van der Waals surface area contributed by atoms with Crippen LogP contribution >= 0.6 is 0 Å². The van der Waals surface area contributed by atoms with E-state index in [-0.39, 0.29) is 18.4 Å². The van der Waals surface area contributed by atoms with Crippen molar-refractivity contribution in [2.24, 2.45) is 11.8 Å². The van der Waals surface area contributed by atoms with Crippen LogP contribution in [0, 0.1) is 11.8 Å². The van der Waals surface area contributed by atoms with Crippen LogP contribution in [0.1, 0.15) is 26.7 Å². The predicted molar refractivity (Wildman–Crippen MR) is 62.8 cm³/mol. The second-order valence-electron chi connectivity index (χ2n) is 5.25. The monoisotopic (exact) mass is 268 g/mol. The summed E-state index contributed by atoms with van der Waals surface area (Å²) in [5.41, 5.74) is 0. The largest absolute Gasteiger partial charge is 0.481 e. The number of aliphatic carboxylic acids is 1. The first kappa shape index (κ1) is 13.5. The molecule has 1 heterocycles. The van der Waals surface area contributed by atoms with Crippen molar-refractivity contribution in [1.29, 1.82) is 0 Å². The standard InChI is InChI=1S/C12H16N2O5/c1-5(2)14-9(15)4-8(11(14)17)13-10(16)6-3-7(6)12(18)19/h5-8H,3-4H2,1-2H3,(H,13,16)(H,18,19). The van der Waals surface area contributed by atoms with Gasteiger partial charge in [0.1, 0.15) is 6.04 Å². The molecule has 3 amide bonds. The fraction of sp³-hybridized carbons (Fsp3) is 0.667. The molecule has 3 atom stereocenters. The number of carbonyl (C=O) groups excluding carboxylic acids is 3. The van der Waals surface area contributed by atoms with E-state index >= 15 is 0 Å². The first-order valence-electron chi connectivity index (χ1n) is 6.22. The molecule has 7 heteroatoms. The Morgan fingerprint density at radius 1 is 1.32 bits per heavy atom. The van der Waals surface area contributed by atoms with E-state index in [0.717, 1.165) is 4.90 Å². The van der Waals surface area contributed by atoms with Crippen LogP contribution in [0.5, 0.6) is 0 Å². The smallest absolute Gasteiger partial charge is 0.307 e. The number of carboxylic acids is 1. The van der Waals surface area contributed by atoms with Gasteiger partial charge in [-0.2, -0.15) is 0 Å². The number of imide groups is 1. The van der Waals surface area contributed by atoms with Crippen molar-refractivity contribution < 1.29 is 24.3 Å². The van der Waals surface area contributed by atoms with Crippen LogP contribution in [0.2, 0.25) is 0 Å². The molecule has 1 saturated heterocycles. The lowest BCUT2D eigenvalue weighted by molar-refractivity contribution is -0.141. The Bertz CT molecular complexity index is 459. The molecule has 2 rings (SSSR count). The molecule has 0 aromatic rings. The molecule has 2 N–H and O–H groups in total. The molecule has 0 spiro atoms. The highest BCUT2D eigenvalue weighted by Gasteiger charge is 2.50. The molecule has 19 heavy (non-hydrogen) atoms. The molecule has 104 valence electrons. The molecule has 1 aliphatic heterocycles. The van der Waals surface area contributed by atoms with E-state index in [4.69, 9.17) is 5.11 Å². The average molecular weight is 268 g/mol. The summed E-state index contributed by atoms with van der Waals surface area (Å²) in [6.45, 7) is 3.45. The first-order valence-corrected chi connectivity index (χ1v) is 6.22. The lowest BCUT2D eigenvalue weighted by atomic mass is 10.2. The van der Waals surface area contributed by atoms with Crippen LogP contribution in [0.15, 0.2) is 0 Å². The van der Waals surface area contributed by atoms with Gasteiger partial charge in [0.15, 0.2) is 0 Å². The number of carbonyl (C=O) groups is 4. The van der Waals surface area contributed by atoms with Crippen LogP contribution < -0.4 is 5.32 Å². The van der Waals surface area contributed by atoms with Crippen molar-refractivity contribution in [2.75, 3.05) is 0 Å². The summed E-state index contributed by atoms with van der Waals surface area (Å²) in [6, 6.07) is -1.09. The van der Waals surface area contributed by atoms with Crippen molar-refractivity contribution in [2.45, 2.75) is 38.8 Å². The molecule has 0 aromatic heterocycles. The number of hydrogen-bond acceptors (Lipinski definition) is 4. The van der Waals surface area contributed by atoms with Crippen LogP contribution in [0.25, 0.3) is 0 Å². The van der Waals surface area contributed by atoms with E-state index in [0.29, 0.717) is 6.42 Å². The molecule has 7 nitrogen and oxygen atoms in total. The summed E-state index contributed by atoms with van der Waals surface area (Å²) in [7, 11) is 0. The summed E-state index contributed by atoms with van der Waals surface area (Å²) in [4.78, 5) is 47.1. The van der Waals surface area contributed by atoms with Crippen molar-refractivity contribution in [3.63, 3.8) is 0 Å². The van der Waals surface area contributed by atoms with Gasteiger partial charge >= 0.3 is 5.97 Å². The molecule has 2 fully saturated rings. The van der Waals surface area contributed by atoms with Gasteiger partial charge in [0.25, 0.3) is 5.91 Å². The number of hydrogen-bond donors (Lipinski definition) is 2. The topological polar surface area (TPSA) is 104 Å². The van der Waals surface area contributed by atoms with Crippen molar-refractivity contribution in [3.8, 4) is 0 Å². The Hall–Kier alpha value is -1.92. The van der Waals surface area contributed by atoms with E-state index in [9.17, 15) is 19.2 Å². The summed E-state index contributed by atoms with van der Waals surface area (Å²) in [6.07, 6.45) is 0.247. The van der Waals surface area contributed by atoms with E-state index in [2.05, 4.69) is 5.32 Å². The molecule has 3 unspecified atom stereocenters. The van der Waals surface area contributed by atoms with Crippen LogP contribution in [-0.2, 0) is 19.2 Å². The van der Waals surface area contributed by atoms with Gasteiger partial charge in [-0.25, -0.2) is 0 Å². The summed E-state index contributed by atoms with van der Waals surface area (Å²) in [5.74, 6) is -3.42. The molecule has 1 aliphatic carbocycles. The minimum Gasteiger partial charge on any atom is -0.481 e. The zero-order valence-corrected chi connectivity index (χ0v) is 10.8. The van der Waals surface area contributed by atoms with Gasteiger partial charge in [-0.1, -0.05) is 0 Å². The summed E-state index contributed by atoms with van der Waals surface area (Å²) < 4.78 is 0. The minimum atomic E-state index is -1.00. The highest BCUT2D eigenvalue weighted by atomic mass is 16.4. The molecule has 0 aromatic carbocycles. The number of nitrogens with zero attached hydrogens (tertiary/aromatic N) is 1. The predicted octanol–water partition coefficient (Wildman–Crippen LogP) is -0.641. The van der Waals surface area contributed by atoms with Crippen LogP contribution in [-0.4, -0.2) is 45.8 Å². The highest BCUT2D eigenvalue weighted by molar-refractivity contribution is 6.07. The van der Waals surface area contributed by atoms with E-state index in [1.165, 1.54) is 0 Å². The van der Waals surface area contributed by atoms with Crippen LogP contribution in [0.4, 0.5) is 0 Å². The number of nitrogens with one attached hydrogen (secondary N) is 1. The maximum Gasteiger partial charge on any atom is 0.307 e. The van der Waals surface area contributed by atoms with Gasteiger partial charge in [0, 0.05) is 6.04 Å². The maximum absolute atomic E-state index is 11.9. The fourth-order valence-electron chi connectivity index (χ4n) is 2.34. The third kappa shape index (κ3) is 2.45. The Morgan fingerprint density at radius 3 is 2.37 bits per heavy atom. The zero-order valence-electron chi connectivity index (χ0n) is 10.8. The summed E-state index contributed by atoms with van der Waals surface area (Å²) >= 11 is 0. The molecular weight excluding hydrogens is 252 g/mol. The average Bonchev–Trinajstić information content (AvgIpc) is 3.02. The van der Waals surface area contributed by atoms with Crippen LogP contribution in [0.3, 0.4) is 0 Å². The number of likely N-dealkylation sites (tertiary alicyclic amines) is 1. The van der Waals surface area contributed by atoms with Gasteiger partial charge in [0.2, 0.25) is 11.8 Å². The SMILES string of the molecule is CC(C)N1C(=O)CC(NC(=O)C2CC2C(=O)O)C1=O. The maximum atomic E-state index is 11.9. The van der Waals surface area contributed by atoms with E-state index in [1.54, 1.807) is 13.8 Å². The fourth-order valence-corrected chi connectivity index (χ4v) is 2.34. The summed E-state index contributed by atoms with van der Waals surface area (Å²) in [5, 5.41) is 11.2. The quantitative estimate of drug-likeness (QED) is 0.660. The number of carboxylic acid groups (broad SMARTS) is 1. The van der Waals surface area contributed by atoms with Crippen molar-refractivity contribution >= 4 is 23.7 Å². The van der Waals surface area contributed by atoms with Crippen molar-refractivity contribution in [3.05, 3.63) is 0 Å². The first-order chi connectivity index (χ1) is 8.82. The highest BCUT2D eigenvalue weighted by Crippen LogP contribution is 2.38. The molecule has 0 bridgehead atoms. The second-order valence-corrected chi connectivity index (χ2v) is 5.25. The Kier molecular flexibility index (Phi) is 3.30. The Morgan fingerprint density at radius 2 is 1.95 bits per heavy atom. The van der Waals surface area contributed by atoms with Gasteiger partial charge in [-0.15, -0.1) is 0 Å². The lowest BCUT2D eigenvalue weighted by Crippen LogP contribution is -2.44. The van der Waals surface area contributed by atoms with Gasteiger partial charge < -0.3 is 10.4 Å². The third-order valence-corrected chi connectivity index (χ3v) is 3.46. The number of amides is 3. The molecular formula is C12H16N2O5. The molecule has 0 radical (unpaired) electrons.